The van der Waals surface area contributed by atoms with E-state index in [4.69, 9.17) is 4.74 Å². The van der Waals surface area contributed by atoms with Crippen LogP contribution >= 0.6 is 0 Å². The molecule has 134 valence electrons. The first-order valence-corrected chi connectivity index (χ1v) is 8.60. The predicted octanol–water partition coefficient (Wildman–Crippen LogP) is 4.23. The van der Waals surface area contributed by atoms with Gasteiger partial charge in [-0.2, -0.15) is 0 Å². The van der Waals surface area contributed by atoms with Crippen LogP contribution in [0.1, 0.15) is 22.8 Å². The fraction of sp³-hybridized carbons (Fsp3) is 0.182. The maximum Gasteiger partial charge on any atom is 0.123 e. The number of aliphatic hydroxyl groups is 1. The van der Waals surface area contributed by atoms with Gasteiger partial charge in [-0.25, -0.2) is 4.39 Å². The van der Waals surface area contributed by atoms with Crippen molar-refractivity contribution < 1.29 is 14.2 Å². The first-order chi connectivity index (χ1) is 12.7. The second kappa shape index (κ2) is 9.13. The Bertz CT molecular complexity index is 806. The third kappa shape index (κ3) is 5.41. The Balaban J connectivity index is 1.48. The number of rotatable bonds is 8. The summed E-state index contributed by atoms with van der Waals surface area (Å²) in [6.45, 7) is 1.53. The monoisotopic (exact) mass is 351 g/mol. The fourth-order valence-corrected chi connectivity index (χ4v) is 2.64. The van der Waals surface area contributed by atoms with E-state index in [-0.39, 0.29) is 5.82 Å². The highest BCUT2D eigenvalue weighted by Crippen LogP contribution is 2.16. The molecular formula is C22H22FNO2. The van der Waals surface area contributed by atoms with Crippen molar-refractivity contribution >= 4 is 0 Å². The fourth-order valence-electron chi connectivity index (χ4n) is 2.64. The lowest BCUT2D eigenvalue weighted by atomic mass is 10.1. The van der Waals surface area contributed by atoms with Gasteiger partial charge >= 0.3 is 0 Å². The van der Waals surface area contributed by atoms with Crippen LogP contribution in [0.2, 0.25) is 0 Å². The van der Waals surface area contributed by atoms with Gasteiger partial charge in [0, 0.05) is 13.1 Å². The van der Waals surface area contributed by atoms with Gasteiger partial charge in [0.25, 0.3) is 0 Å². The van der Waals surface area contributed by atoms with E-state index in [2.05, 4.69) is 5.32 Å². The zero-order valence-electron chi connectivity index (χ0n) is 14.4. The van der Waals surface area contributed by atoms with Crippen molar-refractivity contribution in [3.63, 3.8) is 0 Å². The van der Waals surface area contributed by atoms with Crippen molar-refractivity contribution in [3.05, 3.63) is 101 Å². The SMILES string of the molecule is O[C@H](CNCc1cccc(OCc2ccccc2)c1)c1ccc(F)cc1. The minimum atomic E-state index is -0.673. The van der Waals surface area contributed by atoms with Crippen LogP contribution < -0.4 is 10.1 Å². The van der Waals surface area contributed by atoms with Crippen LogP contribution in [0.5, 0.6) is 5.75 Å². The molecule has 0 spiro atoms. The summed E-state index contributed by atoms with van der Waals surface area (Å²) < 4.78 is 18.8. The molecule has 26 heavy (non-hydrogen) atoms. The lowest BCUT2D eigenvalue weighted by Crippen LogP contribution is -2.21. The molecule has 0 saturated carbocycles. The van der Waals surface area contributed by atoms with Crippen LogP contribution in [-0.4, -0.2) is 11.7 Å². The Hall–Kier alpha value is -2.69. The number of aliphatic hydroxyl groups excluding tert-OH is 1. The van der Waals surface area contributed by atoms with Crippen molar-refractivity contribution in [3.8, 4) is 5.75 Å². The smallest absolute Gasteiger partial charge is 0.123 e. The Labute approximate surface area is 153 Å². The molecule has 3 nitrogen and oxygen atoms in total. The highest BCUT2D eigenvalue weighted by molar-refractivity contribution is 5.29. The third-order valence-electron chi connectivity index (χ3n) is 4.07. The van der Waals surface area contributed by atoms with E-state index in [1.165, 1.54) is 12.1 Å². The molecule has 2 N–H and O–H groups in total. The molecule has 1 atom stereocenters. The van der Waals surface area contributed by atoms with E-state index in [9.17, 15) is 9.50 Å². The molecule has 0 unspecified atom stereocenters. The van der Waals surface area contributed by atoms with Crippen LogP contribution in [0.3, 0.4) is 0 Å². The molecule has 0 amide bonds. The van der Waals surface area contributed by atoms with Gasteiger partial charge in [0.1, 0.15) is 18.2 Å². The molecule has 0 aliphatic heterocycles. The van der Waals surface area contributed by atoms with E-state index >= 15 is 0 Å². The molecule has 3 aromatic carbocycles. The van der Waals surface area contributed by atoms with Crippen LogP contribution in [0, 0.1) is 5.82 Å². The normalized spacial score (nSPS) is 11.9. The van der Waals surface area contributed by atoms with E-state index in [0.717, 1.165) is 16.9 Å². The average molecular weight is 351 g/mol. The summed E-state index contributed by atoms with van der Waals surface area (Å²) >= 11 is 0. The summed E-state index contributed by atoms with van der Waals surface area (Å²) in [5.74, 6) is 0.508. The van der Waals surface area contributed by atoms with Crippen LogP contribution in [0.15, 0.2) is 78.9 Å². The maximum absolute atomic E-state index is 12.9. The van der Waals surface area contributed by atoms with Crippen molar-refractivity contribution in [2.45, 2.75) is 19.3 Å². The summed E-state index contributed by atoms with van der Waals surface area (Å²) in [5.41, 5.74) is 2.89. The number of hydrogen-bond donors (Lipinski definition) is 2. The maximum atomic E-state index is 12.9. The highest BCUT2D eigenvalue weighted by Gasteiger charge is 2.07. The Morgan fingerprint density at radius 2 is 1.62 bits per heavy atom. The first kappa shape index (κ1) is 18.1. The number of hydrogen-bond acceptors (Lipinski definition) is 3. The van der Waals surface area contributed by atoms with Gasteiger partial charge in [-0.1, -0.05) is 54.6 Å². The van der Waals surface area contributed by atoms with E-state index in [1.807, 2.05) is 54.6 Å². The van der Waals surface area contributed by atoms with Gasteiger partial charge in [-0.3, -0.25) is 0 Å². The highest BCUT2D eigenvalue weighted by atomic mass is 19.1. The minimum Gasteiger partial charge on any atom is -0.489 e. The number of benzene rings is 3. The van der Waals surface area contributed by atoms with Crippen molar-refractivity contribution in [2.24, 2.45) is 0 Å². The molecule has 3 aromatic rings. The lowest BCUT2D eigenvalue weighted by Gasteiger charge is -2.13. The number of halogens is 1. The Kier molecular flexibility index (Phi) is 6.36. The van der Waals surface area contributed by atoms with Crippen LogP contribution in [0.25, 0.3) is 0 Å². The zero-order chi connectivity index (χ0) is 18.2. The number of nitrogens with one attached hydrogen (secondary N) is 1. The topological polar surface area (TPSA) is 41.5 Å². The first-order valence-electron chi connectivity index (χ1n) is 8.60. The quantitative estimate of drug-likeness (QED) is 0.638. The summed E-state index contributed by atoms with van der Waals surface area (Å²) in [4.78, 5) is 0. The largest absolute Gasteiger partial charge is 0.489 e. The van der Waals surface area contributed by atoms with Gasteiger partial charge in [-0.05, 0) is 41.0 Å². The molecule has 0 fully saturated rings. The Morgan fingerprint density at radius 1 is 0.885 bits per heavy atom. The van der Waals surface area contributed by atoms with Crippen molar-refractivity contribution in [2.75, 3.05) is 6.54 Å². The standard InChI is InChI=1S/C22H22FNO2/c23-20-11-9-19(10-12-20)22(25)15-24-14-18-7-4-8-21(13-18)26-16-17-5-2-1-3-6-17/h1-13,22,24-25H,14-16H2/t22-/m1/s1. The second-order valence-corrected chi connectivity index (χ2v) is 6.12. The van der Waals surface area contributed by atoms with Gasteiger partial charge in [0.15, 0.2) is 0 Å². The molecule has 0 aliphatic rings. The number of ether oxygens (including phenoxy) is 1. The summed E-state index contributed by atoms with van der Waals surface area (Å²) in [6, 6.07) is 23.8. The van der Waals surface area contributed by atoms with Crippen LogP contribution in [0.4, 0.5) is 4.39 Å². The van der Waals surface area contributed by atoms with Crippen molar-refractivity contribution in [1.82, 2.24) is 5.32 Å². The molecule has 4 heteroatoms. The average Bonchev–Trinajstić information content (AvgIpc) is 2.68. The summed E-state index contributed by atoms with van der Waals surface area (Å²) in [7, 11) is 0. The van der Waals surface area contributed by atoms with E-state index in [0.29, 0.717) is 25.3 Å². The molecule has 0 radical (unpaired) electrons. The van der Waals surface area contributed by atoms with Gasteiger partial charge in [0.05, 0.1) is 6.10 Å². The van der Waals surface area contributed by atoms with Crippen molar-refractivity contribution in [1.29, 1.82) is 0 Å². The summed E-state index contributed by atoms with van der Waals surface area (Å²) in [6.07, 6.45) is -0.673. The third-order valence-corrected chi connectivity index (χ3v) is 4.07. The van der Waals surface area contributed by atoms with E-state index in [1.54, 1.807) is 12.1 Å². The predicted molar refractivity (Wildman–Crippen MR) is 100 cm³/mol. The lowest BCUT2D eigenvalue weighted by molar-refractivity contribution is 0.174. The van der Waals surface area contributed by atoms with Gasteiger partial charge in [0.2, 0.25) is 0 Å². The molecule has 0 bridgehead atoms. The van der Waals surface area contributed by atoms with Gasteiger partial charge in [-0.15, -0.1) is 0 Å². The molecule has 3 rings (SSSR count). The molecular weight excluding hydrogens is 329 g/mol. The minimum absolute atomic E-state index is 0.304. The van der Waals surface area contributed by atoms with Crippen LogP contribution in [-0.2, 0) is 13.2 Å². The van der Waals surface area contributed by atoms with Gasteiger partial charge < -0.3 is 15.2 Å². The molecule has 0 heterocycles. The second-order valence-electron chi connectivity index (χ2n) is 6.12. The summed E-state index contributed by atoms with van der Waals surface area (Å²) in [5, 5.41) is 13.4. The Morgan fingerprint density at radius 3 is 2.38 bits per heavy atom. The van der Waals surface area contributed by atoms with E-state index < -0.39 is 6.10 Å². The molecule has 0 saturated heterocycles. The molecule has 0 aliphatic carbocycles. The molecule has 0 aromatic heterocycles. The zero-order valence-corrected chi connectivity index (χ0v) is 14.4.